The zero-order valence-corrected chi connectivity index (χ0v) is 14.1. The molecule has 5 rings (SSSR count). The zero-order chi connectivity index (χ0) is 15.4. The first kappa shape index (κ1) is 14.7. The topological polar surface area (TPSA) is 46.5 Å². The molecule has 22 heavy (non-hydrogen) atoms. The van der Waals surface area contributed by atoms with Crippen LogP contribution >= 0.6 is 15.9 Å². The predicted molar refractivity (Wildman–Crippen MR) is 86.0 cm³/mol. The van der Waals surface area contributed by atoms with E-state index in [-0.39, 0.29) is 5.97 Å². The van der Waals surface area contributed by atoms with E-state index in [1.807, 2.05) is 24.3 Å². The average Bonchev–Trinajstić information content (AvgIpc) is 2.43. The zero-order valence-electron chi connectivity index (χ0n) is 12.6. The molecule has 1 aromatic carbocycles. The van der Waals surface area contributed by atoms with Crippen LogP contribution in [0.25, 0.3) is 0 Å². The molecular formula is C18H21BrO3. The minimum atomic E-state index is -0.610. The molecule has 0 saturated heterocycles. The fourth-order valence-corrected chi connectivity index (χ4v) is 5.60. The van der Waals surface area contributed by atoms with Crippen LogP contribution in [0.2, 0.25) is 0 Å². The van der Waals surface area contributed by atoms with Crippen molar-refractivity contribution in [3.63, 3.8) is 0 Å². The van der Waals surface area contributed by atoms with E-state index in [0.29, 0.717) is 24.9 Å². The highest BCUT2D eigenvalue weighted by atomic mass is 79.9. The number of hydrogen-bond donors (Lipinski definition) is 1. The Labute approximate surface area is 139 Å². The monoisotopic (exact) mass is 364 g/mol. The van der Waals surface area contributed by atoms with Gasteiger partial charge >= 0.3 is 5.97 Å². The molecule has 0 amide bonds. The first-order valence-corrected chi connectivity index (χ1v) is 8.90. The third kappa shape index (κ3) is 2.50. The Balaban J connectivity index is 1.47. The highest BCUT2D eigenvalue weighted by Gasteiger charge is 2.60. The molecule has 4 aliphatic carbocycles. The number of ether oxygens (including phenoxy) is 1. The average molecular weight is 365 g/mol. The smallest absolute Gasteiger partial charge is 0.312 e. The summed E-state index contributed by atoms with van der Waals surface area (Å²) in [6.45, 7) is 0.321. The van der Waals surface area contributed by atoms with Gasteiger partial charge < -0.3 is 9.84 Å². The molecule has 4 aliphatic rings. The lowest BCUT2D eigenvalue weighted by atomic mass is 9.48. The minimum Gasteiger partial charge on any atom is -0.460 e. The lowest BCUT2D eigenvalue weighted by molar-refractivity contribution is -0.197. The molecule has 4 saturated carbocycles. The number of esters is 1. The molecule has 118 valence electrons. The maximum absolute atomic E-state index is 12.7. The lowest BCUT2D eigenvalue weighted by Crippen LogP contribution is -2.58. The van der Waals surface area contributed by atoms with E-state index >= 15 is 0 Å². The van der Waals surface area contributed by atoms with E-state index < -0.39 is 11.0 Å². The molecule has 1 aromatic rings. The van der Waals surface area contributed by atoms with Crippen LogP contribution < -0.4 is 0 Å². The van der Waals surface area contributed by atoms with Crippen molar-refractivity contribution in [2.75, 3.05) is 0 Å². The number of rotatable bonds is 3. The van der Waals surface area contributed by atoms with Gasteiger partial charge in [-0.25, -0.2) is 0 Å². The van der Waals surface area contributed by atoms with Gasteiger partial charge in [0.15, 0.2) is 0 Å². The predicted octanol–water partition coefficient (Wildman–Crippen LogP) is 3.82. The second-order valence-corrected chi connectivity index (χ2v) is 8.58. The van der Waals surface area contributed by atoms with E-state index in [2.05, 4.69) is 15.9 Å². The Hall–Kier alpha value is -0.870. The van der Waals surface area contributed by atoms with Gasteiger partial charge in [0.25, 0.3) is 0 Å². The normalized spacial score (nSPS) is 39.0. The van der Waals surface area contributed by atoms with Crippen LogP contribution in [-0.2, 0) is 16.1 Å². The molecule has 0 spiro atoms. The van der Waals surface area contributed by atoms with Crippen LogP contribution in [0.4, 0.5) is 0 Å². The van der Waals surface area contributed by atoms with Crippen molar-refractivity contribution in [1.82, 2.24) is 0 Å². The number of aliphatic hydroxyl groups is 1. The summed E-state index contributed by atoms with van der Waals surface area (Å²) in [6, 6.07) is 7.84. The van der Waals surface area contributed by atoms with E-state index in [4.69, 9.17) is 4.74 Å². The number of carbonyl (C=O) groups excluding carboxylic acids is 1. The van der Waals surface area contributed by atoms with Crippen LogP contribution in [0.3, 0.4) is 0 Å². The molecule has 0 radical (unpaired) electrons. The van der Waals surface area contributed by atoms with Gasteiger partial charge in [0.05, 0.1) is 11.0 Å². The van der Waals surface area contributed by atoms with E-state index in [0.717, 1.165) is 35.7 Å². The second-order valence-electron chi connectivity index (χ2n) is 7.67. The van der Waals surface area contributed by atoms with Crippen molar-refractivity contribution in [3.8, 4) is 0 Å². The third-order valence-electron chi connectivity index (χ3n) is 5.75. The Bertz CT molecular complexity index is 581. The summed E-state index contributed by atoms with van der Waals surface area (Å²) in [5, 5.41) is 10.7. The summed E-state index contributed by atoms with van der Waals surface area (Å²) in [5.41, 5.74) is -0.0328. The van der Waals surface area contributed by atoms with Crippen molar-refractivity contribution in [2.24, 2.45) is 17.3 Å². The van der Waals surface area contributed by atoms with Crippen molar-refractivity contribution in [2.45, 2.75) is 50.7 Å². The van der Waals surface area contributed by atoms with Crippen LogP contribution in [0, 0.1) is 17.3 Å². The maximum atomic E-state index is 12.7. The molecule has 4 heteroatoms. The largest absolute Gasteiger partial charge is 0.460 e. The van der Waals surface area contributed by atoms with Crippen molar-refractivity contribution in [1.29, 1.82) is 0 Å². The number of hydrogen-bond acceptors (Lipinski definition) is 3. The highest BCUT2D eigenvalue weighted by molar-refractivity contribution is 9.10. The first-order valence-electron chi connectivity index (χ1n) is 8.11. The van der Waals surface area contributed by atoms with Gasteiger partial charge in [-0.05, 0) is 68.1 Å². The Morgan fingerprint density at radius 1 is 1.18 bits per heavy atom. The molecular weight excluding hydrogens is 344 g/mol. The van der Waals surface area contributed by atoms with E-state index in [1.165, 1.54) is 6.42 Å². The minimum absolute atomic E-state index is 0.0945. The van der Waals surface area contributed by atoms with Gasteiger partial charge in [-0.15, -0.1) is 0 Å². The molecule has 0 heterocycles. The highest BCUT2D eigenvalue weighted by Crippen LogP contribution is 2.62. The summed E-state index contributed by atoms with van der Waals surface area (Å²) >= 11 is 3.40. The summed E-state index contributed by atoms with van der Waals surface area (Å²) in [7, 11) is 0. The van der Waals surface area contributed by atoms with Gasteiger partial charge in [0.1, 0.15) is 6.61 Å². The summed E-state index contributed by atoms with van der Waals surface area (Å²) in [4.78, 5) is 12.7. The number of carbonyl (C=O) groups is 1. The number of benzene rings is 1. The molecule has 0 aromatic heterocycles. The third-order valence-corrected chi connectivity index (χ3v) is 6.28. The molecule has 4 atom stereocenters. The van der Waals surface area contributed by atoms with Crippen LogP contribution in [0.1, 0.15) is 44.1 Å². The van der Waals surface area contributed by atoms with Crippen LogP contribution in [0.5, 0.6) is 0 Å². The molecule has 0 aliphatic heterocycles. The van der Waals surface area contributed by atoms with Crippen LogP contribution in [0.15, 0.2) is 28.7 Å². The quantitative estimate of drug-likeness (QED) is 0.829. The van der Waals surface area contributed by atoms with E-state index in [9.17, 15) is 9.90 Å². The van der Waals surface area contributed by atoms with Gasteiger partial charge in [0.2, 0.25) is 0 Å². The molecule has 1 N–H and O–H groups in total. The van der Waals surface area contributed by atoms with Gasteiger partial charge in [0, 0.05) is 4.47 Å². The Morgan fingerprint density at radius 2 is 1.82 bits per heavy atom. The Morgan fingerprint density at radius 3 is 2.41 bits per heavy atom. The second kappa shape index (κ2) is 5.07. The van der Waals surface area contributed by atoms with Crippen LogP contribution in [-0.4, -0.2) is 16.7 Å². The molecule has 4 fully saturated rings. The van der Waals surface area contributed by atoms with Crippen molar-refractivity contribution in [3.05, 3.63) is 34.3 Å². The summed E-state index contributed by atoms with van der Waals surface area (Å²) < 4.78 is 6.65. The molecule has 3 nitrogen and oxygen atoms in total. The maximum Gasteiger partial charge on any atom is 0.312 e. The number of halogens is 1. The fourth-order valence-electron chi connectivity index (χ4n) is 5.34. The van der Waals surface area contributed by atoms with Crippen molar-refractivity contribution < 1.29 is 14.6 Å². The Kier molecular flexibility index (Phi) is 3.39. The summed E-state index contributed by atoms with van der Waals surface area (Å²) in [6.07, 6.45) is 5.36. The molecule has 4 bridgehead atoms. The van der Waals surface area contributed by atoms with Crippen molar-refractivity contribution >= 4 is 21.9 Å². The molecule has 2 unspecified atom stereocenters. The van der Waals surface area contributed by atoms with Gasteiger partial charge in [-0.3, -0.25) is 4.79 Å². The fraction of sp³-hybridized carbons (Fsp3) is 0.611. The summed E-state index contributed by atoms with van der Waals surface area (Å²) in [5.74, 6) is 0.918. The SMILES string of the molecule is O=C(OCc1ccc(Br)cc1)C12C[C@@H]3C[C@@H](CC(O)(C3)C1)C2. The van der Waals surface area contributed by atoms with E-state index in [1.54, 1.807) is 0 Å². The van der Waals surface area contributed by atoms with Gasteiger partial charge in [-0.1, -0.05) is 28.1 Å². The lowest BCUT2D eigenvalue weighted by Gasteiger charge is -2.58. The first-order chi connectivity index (χ1) is 10.5. The standard InChI is InChI=1S/C18H21BrO3/c19-15-3-1-12(2-4-15)10-22-16(20)17-6-13-5-14(7-17)9-18(21,8-13)11-17/h1-4,13-14,21H,5-11H2/t13-,14+,17?,18?. The van der Waals surface area contributed by atoms with Gasteiger partial charge in [-0.2, -0.15) is 0 Å².